The third-order valence-electron chi connectivity index (χ3n) is 4.69. The number of carbonyl (C=O) groups excluding carboxylic acids is 2. The van der Waals surface area contributed by atoms with Crippen LogP contribution in [0.1, 0.15) is 54.0 Å². The summed E-state index contributed by atoms with van der Waals surface area (Å²) >= 11 is 0. The van der Waals surface area contributed by atoms with Gasteiger partial charge in [0.1, 0.15) is 7.05 Å². The zero-order valence-electron chi connectivity index (χ0n) is 20.6. The molecule has 4 heteroatoms. The lowest BCUT2D eigenvalue weighted by molar-refractivity contribution is -0.688. The highest BCUT2D eigenvalue weighted by atomic mass is 16.1. The van der Waals surface area contributed by atoms with Crippen LogP contribution in [-0.2, 0) is 13.6 Å². The van der Waals surface area contributed by atoms with E-state index in [0.717, 1.165) is 17.7 Å². The highest BCUT2D eigenvalue weighted by Gasteiger charge is 2.11. The van der Waals surface area contributed by atoms with Crippen LogP contribution in [0.4, 0.5) is 0 Å². The van der Waals surface area contributed by atoms with Gasteiger partial charge in [0.05, 0.1) is 0 Å². The predicted octanol–water partition coefficient (Wildman–Crippen LogP) is 5.11. The van der Waals surface area contributed by atoms with E-state index >= 15 is 0 Å². The lowest BCUT2D eigenvalue weighted by atomic mass is 10.00. The lowest BCUT2D eigenvalue weighted by Gasteiger charge is -2.04. The summed E-state index contributed by atoms with van der Waals surface area (Å²) in [6.45, 7) is 8.51. The number of hydrogen-bond acceptors (Lipinski definition) is 2. The zero-order chi connectivity index (χ0) is 22.1. The van der Waals surface area contributed by atoms with Gasteiger partial charge in [-0.1, -0.05) is 58.0 Å². The van der Waals surface area contributed by atoms with Crippen LogP contribution in [0.2, 0.25) is 0 Å². The molecule has 0 amide bonds. The predicted molar refractivity (Wildman–Crippen MR) is 131 cm³/mol. The van der Waals surface area contributed by atoms with Gasteiger partial charge in [0, 0.05) is 52.8 Å². The number of benzene rings is 1. The average Bonchev–Trinajstić information content (AvgIpc) is 2.75. The Morgan fingerprint density at radius 1 is 0.688 bits per heavy atom. The molecule has 1 aromatic carbocycles. The number of aromatic nitrogens is 2. The number of aryl methyl sites for hydroxylation is 1. The van der Waals surface area contributed by atoms with Crippen LogP contribution in [0, 0.1) is 26.7 Å². The zero-order valence-corrected chi connectivity index (χ0v) is 20.6. The molecule has 32 heavy (non-hydrogen) atoms. The molecule has 0 aliphatic rings. The number of hydrogen-bond donors (Lipinski definition) is 0. The first-order valence-electron chi connectivity index (χ1n) is 10.3. The molecule has 0 saturated carbocycles. The quantitative estimate of drug-likeness (QED) is 0.307. The van der Waals surface area contributed by atoms with Crippen LogP contribution < -0.4 is 9.13 Å². The SMILES string of the molecule is CC(C)C(=O)c1cc[n+](C)cc1.CC(C)C(=O)c1ccc(C[n+]2ccccc2)cc1.[CH3-].[CH3-]. The highest BCUT2D eigenvalue weighted by Crippen LogP contribution is 2.10. The minimum Gasteiger partial charge on any atom is -0.358 e. The molecule has 2 aromatic heterocycles. The normalized spacial score (nSPS) is 9.84. The highest BCUT2D eigenvalue weighted by molar-refractivity contribution is 5.97. The van der Waals surface area contributed by atoms with Crippen molar-refractivity contribution in [2.24, 2.45) is 18.9 Å². The fourth-order valence-corrected chi connectivity index (χ4v) is 2.86. The molecule has 3 aromatic rings. The van der Waals surface area contributed by atoms with Crippen molar-refractivity contribution in [3.05, 3.63) is 111 Å². The van der Waals surface area contributed by atoms with E-state index in [1.807, 2.05) is 119 Å². The second-order valence-electron chi connectivity index (χ2n) is 8.03. The summed E-state index contributed by atoms with van der Waals surface area (Å²) in [5, 5.41) is 0. The maximum absolute atomic E-state index is 11.8. The topological polar surface area (TPSA) is 41.9 Å². The second-order valence-corrected chi connectivity index (χ2v) is 8.03. The van der Waals surface area contributed by atoms with Crippen LogP contribution in [0.15, 0.2) is 79.4 Å². The summed E-state index contributed by atoms with van der Waals surface area (Å²) in [4.78, 5) is 23.3. The maximum atomic E-state index is 11.8. The Labute approximate surface area is 194 Å². The van der Waals surface area contributed by atoms with E-state index in [1.54, 1.807) is 0 Å². The molecular weight excluding hydrogens is 396 g/mol. The van der Waals surface area contributed by atoms with Crippen molar-refractivity contribution in [1.29, 1.82) is 0 Å². The standard InChI is InChI=1S/C16H18NO.C10H14NO.2CH3/c1-13(2)16(18)15-8-6-14(7-9-15)12-17-10-4-3-5-11-17;1-8(2)10(12)9-4-6-11(3)7-5-9;;/h3-11,13H,12H2,1-2H3;4-8H,1-3H3;2*1H3/q2*+1;2*-1. The molecule has 0 aliphatic carbocycles. The van der Waals surface area contributed by atoms with Gasteiger partial charge in [0.2, 0.25) is 0 Å². The smallest absolute Gasteiger partial charge is 0.173 e. The largest absolute Gasteiger partial charge is 0.358 e. The molecule has 0 spiro atoms. The van der Waals surface area contributed by atoms with Gasteiger partial charge >= 0.3 is 0 Å². The van der Waals surface area contributed by atoms with Crippen LogP contribution in [-0.4, -0.2) is 11.6 Å². The number of pyridine rings is 2. The summed E-state index contributed by atoms with van der Waals surface area (Å²) in [7, 11) is 1.93. The molecule has 0 bridgehead atoms. The maximum Gasteiger partial charge on any atom is 0.173 e. The van der Waals surface area contributed by atoms with Gasteiger partial charge in [-0.25, -0.2) is 9.13 Å². The third-order valence-corrected chi connectivity index (χ3v) is 4.69. The van der Waals surface area contributed by atoms with Crippen molar-refractivity contribution in [2.45, 2.75) is 34.2 Å². The fraction of sp³-hybridized carbons (Fsp3) is 0.286. The molecule has 3 rings (SSSR count). The van der Waals surface area contributed by atoms with E-state index < -0.39 is 0 Å². The molecule has 0 N–H and O–H groups in total. The van der Waals surface area contributed by atoms with Crippen molar-refractivity contribution >= 4 is 11.6 Å². The van der Waals surface area contributed by atoms with Gasteiger partial charge in [0.25, 0.3) is 0 Å². The Morgan fingerprint density at radius 2 is 1.12 bits per heavy atom. The van der Waals surface area contributed by atoms with Crippen molar-refractivity contribution < 1.29 is 18.7 Å². The average molecular weight is 435 g/mol. The van der Waals surface area contributed by atoms with Crippen LogP contribution in [0.3, 0.4) is 0 Å². The van der Waals surface area contributed by atoms with Crippen LogP contribution in [0.25, 0.3) is 0 Å². The molecule has 2 heterocycles. The summed E-state index contributed by atoms with van der Waals surface area (Å²) in [6, 6.07) is 17.6. The van der Waals surface area contributed by atoms with Gasteiger partial charge < -0.3 is 14.9 Å². The minimum atomic E-state index is 0. The molecule has 0 saturated heterocycles. The summed E-state index contributed by atoms with van der Waals surface area (Å²) in [5.41, 5.74) is 2.79. The molecule has 0 aliphatic heterocycles. The first kappa shape index (κ1) is 28.9. The summed E-state index contributed by atoms with van der Waals surface area (Å²) in [6.07, 6.45) is 7.84. The molecular formula is C28H38N2O2. The van der Waals surface area contributed by atoms with Crippen molar-refractivity contribution in [2.75, 3.05) is 0 Å². The van der Waals surface area contributed by atoms with Gasteiger partial charge in [0.15, 0.2) is 42.9 Å². The summed E-state index contributed by atoms with van der Waals surface area (Å²) < 4.78 is 4.02. The first-order valence-corrected chi connectivity index (χ1v) is 10.3. The van der Waals surface area contributed by atoms with E-state index in [1.165, 1.54) is 5.56 Å². The van der Waals surface area contributed by atoms with E-state index in [4.69, 9.17) is 0 Å². The fourth-order valence-electron chi connectivity index (χ4n) is 2.86. The number of Topliss-reactive ketones (excluding diaryl/α,β-unsaturated/α-hetero) is 2. The van der Waals surface area contributed by atoms with Gasteiger partial charge in [-0.3, -0.25) is 9.59 Å². The molecule has 0 atom stereocenters. The monoisotopic (exact) mass is 434 g/mol. The minimum absolute atomic E-state index is 0. The first-order chi connectivity index (χ1) is 14.3. The Morgan fingerprint density at radius 3 is 1.56 bits per heavy atom. The Kier molecular flexibility index (Phi) is 12.6. The lowest BCUT2D eigenvalue weighted by Crippen LogP contribution is -2.32. The summed E-state index contributed by atoms with van der Waals surface area (Å²) in [5.74, 6) is 0.543. The van der Waals surface area contributed by atoms with E-state index in [2.05, 4.69) is 4.57 Å². The third kappa shape index (κ3) is 8.93. The molecule has 0 fully saturated rings. The van der Waals surface area contributed by atoms with Gasteiger partial charge in [-0.15, -0.1) is 0 Å². The van der Waals surface area contributed by atoms with Crippen LogP contribution in [0.5, 0.6) is 0 Å². The second kappa shape index (κ2) is 14.0. The van der Waals surface area contributed by atoms with E-state index in [-0.39, 0.29) is 38.3 Å². The van der Waals surface area contributed by atoms with E-state index in [0.29, 0.717) is 0 Å². The molecule has 0 radical (unpaired) electrons. The number of carbonyl (C=O) groups is 2. The number of rotatable bonds is 6. The van der Waals surface area contributed by atoms with Crippen molar-refractivity contribution in [3.63, 3.8) is 0 Å². The van der Waals surface area contributed by atoms with Crippen LogP contribution >= 0.6 is 0 Å². The Hall–Kier alpha value is -3.14. The van der Waals surface area contributed by atoms with Crippen molar-refractivity contribution in [3.8, 4) is 0 Å². The molecule has 0 unspecified atom stereocenters. The number of nitrogens with zero attached hydrogens (tertiary/aromatic N) is 2. The number of ketones is 2. The Balaban J connectivity index is 0.000000607. The molecule has 172 valence electrons. The van der Waals surface area contributed by atoms with Gasteiger partial charge in [-0.2, -0.15) is 0 Å². The van der Waals surface area contributed by atoms with E-state index in [9.17, 15) is 9.59 Å². The van der Waals surface area contributed by atoms with Crippen molar-refractivity contribution in [1.82, 2.24) is 0 Å². The molecule has 4 nitrogen and oxygen atoms in total. The Bertz CT molecular complexity index is 945. The van der Waals surface area contributed by atoms with Gasteiger partial charge in [-0.05, 0) is 0 Å².